The number of methoxy groups -OCH3 is 2. The first-order chi connectivity index (χ1) is 10.2. The second-order valence-corrected chi connectivity index (χ2v) is 5.94. The Kier molecular flexibility index (Phi) is 3.89. The lowest BCUT2D eigenvalue weighted by Crippen LogP contribution is -2.46. The first-order valence-electron chi connectivity index (χ1n) is 7.69. The van der Waals surface area contributed by atoms with Crippen LogP contribution in [0, 0.1) is 5.92 Å². The molecular weight excluding hydrogens is 266 g/mol. The van der Waals surface area contributed by atoms with Crippen molar-refractivity contribution < 1.29 is 14.3 Å². The van der Waals surface area contributed by atoms with E-state index in [9.17, 15) is 4.79 Å². The molecule has 1 saturated heterocycles. The minimum Gasteiger partial charge on any atom is -0.493 e. The third-order valence-electron chi connectivity index (χ3n) is 4.91. The van der Waals surface area contributed by atoms with Gasteiger partial charge in [0.2, 0.25) is 0 Å². The minimum absolute atomic E-state index is 0.211. The van der Waals surface area contributed by atoms with Crippen LogP contribution in [0.4, 0.5) is 0 Å². The molecule has 2 unspecified atom stereocenters. The summed E-state index contributed by atoms with van der Waals surface area (Å²) in [5, 5.41) is 0. The van der Waals surface area contributed by atoms with Crippen molar-refractivity contribution in [1.82, 2.24) is 4.90 Å². The van der Waals surface area contributed by atoms with Crippen LogP contribution in [0.5, 0.6) is 11.5 Å². The topological polar surface area (TPSA) is 38.8 Å². The Morgan fingerprint density at radius 3 is 2.62 bits per heavy atom. The van der Waals surface area contributed by atoms with Gasteiger partial charge in [0.15, 0.2) is 11.5 Å². The Bertz CT molecular complexity index is 555. The summed E-state index contributed by atoms with van der Waals surface area (Å²) >= 11 is 0. The van der Waals surface area contributed by atoms with Gasteiger partial charge in [-0.25, -0.2) is 0 Å². The molecule has 3 rings (SSSR count). The van der Waals surface area contributed by atoms with Gasteiger partial charge >= 0.3 is 0 Å². The van der Waals surface area contributed by atoms with Crippen LogP contribution in [0.15, 0.2) is 12.1 Å². The molecule has 2 atom stereocenters. The molecule has 114 valence electrons. The maximum absolute atomic E-state index is 12.3. The van der Waals surface area contributed by atoms with Gasteiger partial charge in [-0.15, -0.1) is 0 Å². The van der Waals surface area contributed by atoms with Crippen molar-refractivity contribution in [3.8, 4) is 11.5 Å². The second-order valence-electron chi connectivity index (χ2n) is 5.94. The van der Waals surface area contributed by atoms with E-state index in [0.717, 1.165) is 37.4 Å². The minimum atomic E-state index is 0.211. The lowest BCUT2D eigenvalue weighted by atomic mass is 9.82. The molecule has 0 saturated carbocycles. The molecule has 2 aliphatic rings. The van der Waals surface area contributed by atoms with E-state index in [1.54, 1.807) is 14.2 Å². The summed E-state index contributed by atoms with van der Waals surface area (Å²) in [6.07, 6.45) is 2.58. The fraction of sp³-hybridized carbons (Fsp3) is 0.588. The Labute approximate surface area is 126 Å². The number of nitrogens with zero attached hydrogens (tertiary/aromatic N) is 1. The van der Waals surface area contributed by atoms with E-state index in [-0.39, 0.29) is 12.0 Å². The van der Waals surface area contributed by atoms with Crippen molar-refractivity contribution in [1.29, 1.82) is 0 Å². The summed E-state index contributed by atoms with van der Waals surface area (Å²) in [4.78, 5) is 14.7. The SMILES string of the molecule is CCC1CN2CCc3cc(OC)c(OC)cc3C2CC1=O. The number of carbonyl (C=O) groups is 1. The molecule has 4 heteroatoms. The standard InChI is InChI=1S/C17H23NO3/c1-4-11-10-18-6-5-12-7-16(20-2)17(21-3)8-13(12)14(18)9-15(11)19/h7-8,11,14H,4-6,9-10H2,1-3H3. The molecule has 1 fully saturated rings. The van der Waals surface area contributed by atoms with E-state index < -0.39 is 0 Å². The van der Waals surface area contributed by atoms with Gasteiger partial charge in [-0.05, 0) is 36.1 Å². The van der Waals surface area contributed by atoms with Crippen molar-refractivity contribution >= 4 is 5.78 Å². The summed E-state index contributed by atoms with van der Waals surface area (Å²) in [6.45, 7) is 4.03. The number of ether oxygens (including phenoxy) is 2. The highest BCUT2D eigenvalue weighted by Crippen LogP contribution is 2.42. The maximum atomic E-state index is 12.3. The normalized spacial score (nSPS) is 25.2. The number of rotatable bonds is 3. The quantitative estimate of drug-likeness (QED) is 0.857. The van der Waals surface area contributed by atoms with E-state index in [4.69, 9.17) is 9.47 Å². The van der Waals surface area contributed by atoms with E-state index in [2.05, 4.69) is 24.0 Å². The molecule has 0 radical (unpaired) electrons. The molecule has 0 bridgehead atoms. The van der Waals surface area contributed by atoms with Gasteiger partial charge < -0.3 is 9.47 Å². The third-order valence-corrected chi connectivity index (χ3v) is 4.91. The summed E-state index contributed by atoms with van der Waals surface area (Å²) in [5.74, 6) is 2.14. The zero-order valence-electron chi connectivity index (χ0n) is 13.0. The van der Waals surface area contributed by atoms with Crippen LogP contribution in [0.1, 0.15) is 36.9 Å². The summed E-state index contributed by atoms with van der Waals surface area (Å²) < 4.78 is 10.8. The van der Waals surface area contributed by atoms with Crippen molar-refractivity contribution in [2.24, 2.45) is 5.92 Å². The van der Waals surface area contributed by atoms with Gasteiger partial charge in [-0.1, -0.05) is 6.92 Å². The van der Waals surface area contributed by atoms with Crippen molar-refractivity contribution in [3.05, 3.63) is 23.3 Å². The molecule has 2 aliphatic heterocycles. The highest BCUT2D eigenvalue weighted by Gasteiger charge is 2.37. The highest BCUT2D eigenvalue weighted by atomic mass is 16.5. The van der Waals surface area contributed by atoms with Gasteiger partial charge in [0.05, 0.1) is 14.2 Å². The first kappa shape index (κ1) is 14.4. The van der Waals surface area contributed by atoms with Crippen LogP contribution >= 0.6 is 0 Å². The number of hydrogen-bond acceptors (Lipinski definition) is 4. The van der Waals surface area contributed by atoms with Gasteiger partial charge in [-0.2, -0.15) is 0 Å². The molecule has 0 aliphatic carbocycles. The predicted molar refractivity (Wildman–Crippen MR) is 81.0 cm³/mol. The van der Waals surface area contributed by atoms with Gasteiger partial charge in [0.25, 0.3) is 0 Å². The van der Waals surface area contributed by atoms with Crippen LogP contribution in [-0.2, 0) is 11.2 Å². The summed E-state index contributed by atoms with van der Waals surface area (Å²) in [6, 6.07) is 4.34. The predicted octanol–water partition coefficient (Wildman–Crippen LogP) is 2.60. The van der Waals surface area contributed by atoms with Gasteiger partial charge in [0, 0.05) is 31.5 Å². The lowest BCUT2D eigenvalue weighted by Gasteiger charge is -2.42. The fourth-order valence-corrected chi connectivity index (χ4v) is 3.64. The molecule has 21 heavy (non-hydrogen) atoms. The number of ketones is 1. The highest BCUT2D eigenvalue weighted by molar-refractivity contribution is 5.83. The Balaban J connectivity index is 1.97. The molecule has 2 heterocycles. The van der Waals surface area contributed by atoms with Crippen LogP contribution in [-0.4, -0.2) is 38.0 Å². The number of hydrogen-bond donors (Lipinski definition) is 0. The zero-order chi connectivity index (χ0) is 15.0. The molecular formula is C17H23NO3. The number of carbonyl (C=O) groups excluding carboxylic acids is 1. The third kappa shape index (κ3) is 2.42. The lowest BCUT2D eigenvalue weighted by molar-refractivity contribution is -0.128. The average molecular weight is 289 g/mol. The largest absolute Gasteiger partial charge is 0.493 e. The summed E-state index contributed by atoms with van der Waals surface area (Å²) in [5.41, 5.74) is 2.53. The van der Waals surface area contributed by atoms with Crippen LogP contribution in [0.2, 0.25) is 0 Å². The molecule has 0 aromatic heterocycles. The van der Waals surface area contributed by atoms with Crippen molar-refractivity contribution in [2.75, 3.05) is 27.3 Å². The number of piperidine rings is 1. The molecule has 1 aromatic rings. The van der Waals surface area contributed by atoms with Crippen LogP contribution in [0.25, 0.3) is 0 Å². The number of benzene rings is 1. The maximum Gasteiger partial charge on any atom is 0.161 e. The molecule has 4 nitrogen and oxygen atoms in total. The number of Topliss-reactive ketones (excluding diaryl/α,β-unsaturated/α-hetero) is 1. The van der Waals surface area contributed by atoms with Crippen molar-refractivity contribution in [3.63, 3.8) is 0 Å². The Hall–Kier alpha value is -1.55. The van der Waals surface area contributed by atoms with E-state index in [1.165, 1.54) is 11.1 Å². The Morgan fingerprint density at radius 2 is 1.95 bits per heavy atom. The summed E-state index contributed by atoms with van der Waals surface area (Å²) in [7, 11) is 3.32. The first-order valence-corrected chi connectivity index (χ1v) is 7.69. The number of fused-ring (bicyclic) bond motifs is 3. The van der Waals surface area contributed by atoms with Crippen LogP contribution in [0.3, 0.4) is 0 Å². The molecule has 0 amide bonds. The molecule has 1 aromatic carbocycles. The average Bonchev–Trinajstić information content (AvgIpc) is 2.52. The van der Waals surface area contributed by atoms with Crippen LogP contribution < -0.4 is 9.47 Å². The molecule has 0 N–H and O–H groups in total. The van der Waals surface area contributed by atoms with E-state index >= 15 is 0 Å². The second kappa shape index (κ2) is 5.68. The zero-order valence-corrected chi connectivity index (χ0v) is 13.0. The van der Waals surface area contributed by atoms with Gasteiger partial charge in [-0.3, -0.25) is 9.69 Å². The van der Waals surface area contributed by atoms with E-state index in [1.807, 2.05) is 0 Å². The monoisotopic (exact) mass is 289 g/mol. The smallest absolute Gasteiger partial charge is 0.161 e. The fourth-order valence-electron chi connectivity index (χ4n) is 3.64. The van der Waals surface area contributed by atoms with E-state index in [0.29, 0.717) is 12.2 Å². The van der Waals surface area contributed by atoms with Crippen molar-refractivity contribution in [2.45, 2.75) is 32.2 Å². The Morgan fingerprint density at radius 1 is 1.24 bits per heavy atom. The van der Waals surface area contributed by atoms with Gasteiger partial charge in [0.1, 0.15) is 5.78 Å². The molecule has 0 spiro atoms.